The first-order chi connectivity index (χ1) is 8.14. The zero-order chi connectivity index (χ0) is 12.7. The molecule has 1 unspecified atom stereocenters. The van der Waals surface area contributed by atoms with Crippen LogP contribution in [0.4, 0.5) is 0 Å². The van der Waals surface area contributed by atoms with Gasteiger partial charge in [-0.15, -0.1) is 0 Å². The molecule has 1 N–H and O–H groups in total. The van der Waals surface area contributed by atoms with Crippen molar-refractivity contribution in [1.82, 2.24) is 5.32 Å². The predicted molar refractivity (Wildman–Crippen MR) is 69.9 cm³/mol. The summed E-state index contributed by atoms with van der Waals surface area (Å²) >= 11 is 0. The molecule has 1 fully saturated rings. The molecule has 17 heavy (non-hydrogen) atoms. The van der Waals surface area contributed by atoms with Gasteiger partial charge in [-0.05, 0) is 44.7 Å². The second-order valence-electron chi connectivity index (χ2n) is 5.38. The zero-order valence-corrected chi connectivity index (χ0v) is 11.6. The van der Waals surface area contributed by atoms with E-state index in [9.17, 15) is 4.79 Å². The second kappa shape index (κ2) is 7.00. The summed E-state index contributed by atoms with van der Waals surface area (Å²) in [7, 11) is 0. The van der Waals surface area contributed by atoms with E-state index in [1.807, 2.05) is 0 Å². The first kappa shape index (κ1) is 14.5. The fraction of sp³-hybridized carbons (Fsp3) is 0.929. The van der Waals surface area contributed by atoms with Crippen LogP contribution in [0.2, 0.25) is 0 Å². The number of esters is 1. The summed E-state index contributed by atoms with van der Waals surface area (Å²) in [6.45, 7) is 8.88. The highest BCUT2D eigenvalue weighted by atomic mass is 16.5. The van der Waals surface area contributed by atoms with E-state index >= 15 is 0 Å². The molecule has 0 amide bonds. The maximum atomic E-state index is 12.2. The Hall–Kier alpha value is -0.570. The van der Waals surface area contributed by atoms with E-state index in [4.69, 9.17) is 4.74 Å². The molecule has 1 atom stereocenters. The van der Waals surface area contributed by atoms with E-state index in [2.05, 4.69) is 26.1 Å². The summed E-state index contributed by atoms with van der Waals surface area (Å²) in [5.41, 5.74) is -0.211. The number of carbonyl (C=O) groups excluding carboxylic acids is 1. The van der Waals surface area contributed by atoms with Gasteiger partial charge in [0.15, 0.2) is 0 Å². The predicted octanol–water partition coefficient (Wildman–Crippen LogP) is 2.75. The molecule has 3 nitrogen and oxygen atoms in total. The Morgan fingerprint density at radius 1 is 1.35 bits per heavy atom. The van der Waals surface area contributed by atoms with Crippen LogP contribution in [0.15, 0.2) is 0 Å². The Labute approximate surface area is 105 Å². The number of rotatable bonds is 6. The molecular formula is C14H27NO2. The fourth-order valence-corrected chi connectivity index (χ4v) is 2.55. The molecule has 3 heteroatoms. The lowest BCUT2D eigenvalue weighted by atomic mass is 9.77. The third-order valence-corrected chi connectivity index (χ3v) is 3.95. The minimum absolute atomic E-state index is 0.0319. The van der Waals surface area contributed by atoms with Crippen LogP contribution in [0.3, 0.4) is 0 Å². The lowest BCUT2D eigenvalue weighted by molar-refractivity contribution is -0.159. The maximum Gasteiger partial charge on any atom is 0.312 e. The number of nitrogens with one attached hydrogen (secondary N) is 1. The molecule has 0 bridgehead atoms. The lowest BCUT2D eigenvalue weighted by Gasteiger charge is -2.34. The van der Waals surface area contributed by atoms with Gasteiger partial charge in [0, 0.05) is 0 Å². The molecule has 1 saturated heterocycles. The highest BCUT2D eigenvalue weighted by Crippen LogP contribution is 2.34. The van der Waals surface area contributed by atoms with Gasteiger partial charge in [-0.1, -0.05) is 27.2 Å². The summed E-state index contributed by atoms with van der Waals surface area (Å²) in [5.74, 6) is 0.518. The average Bonchev–Trinajstić information content (AvgIpc) is 2.37. The summed E-state index contributed by atoms with van der Waals surface area (Å²) in [4.78, 5) is 12.2. The SMILES string of the molecule is CCCC(C)COC(=O)C1(CC)CCNCC1. The molecule has 1 aliphatic rings. The maximum absolute atomic E-state index is 12.2. The van der Waals surface area contributed by atoms with Gasteiger partial charge in [-0.3, -0.25) is 4.79 Å². The Bertz CT molecular complexity index is 234. The molecule has 1 aliphatic heterocycles. The molecule has 0 saturated carbocycles. The van der Waals surface area contributed by atoms with Crippen molar-refractivity contribution in [3.05, 3.63) is 0 Å². The van der Waals surface area contributed by atoms with Gasteiger partial charge in [-0.25, -0.2) is 0 Å². The van der Waals surface area contributed by atoms with Crippen LogP contribution in [0.5, 0.6) is 0 Å². The highest BCUT2D eigenvalue weighted by molar-refractivity contribution is 5.77. The van der Waals surface area contributed by atoms with Crippen LogP contribution >= 0.6 is 0 Å². The molecule has 0 aromatic heterocycles. The molecule has 100 valence electrons. The number of hydrogen-bond acceptors (Lipinski definition) is 3. The monoisotopic (exact) mass is 241 g/mol. The van der Waals surface area contributed by atoms with Crippen LogP contribution in [-0.4, -0.2) is 25.7 Å². The van der Waals surface area contributed by atoms with E-state index in [0.29, 0.717) is 12.5 Å². The number of carbonyl (C=O) groups is 1. The van der Waals surface area contributed by atoms with Crippen molar-refractivity contribution in [3.8, 4) is 0 Å². The highest BCUT2D eigenvalue weighted by Gasteiger charge is 2.39. The molecule has 0 aliphatic carbocycles. The van der Waals surface area contributed by atoms with Gasteiger partial charge < -0.3 is 10.1 Å². The fourth-order valence-electron chi connectivity index (χ4n) is 2.55. The van der Waals surface area contributed by atoms with E-state index in [1.54, 1.807) is 0 Å². The van der Waals surface area contributed by atoms with Gasteiger partial charge in [0.1, 0.15) is 0 Å². The molecule has 0 aromatic rings. The summed E-state index contributed by atoms with van der Waals surface area (Å²) in [6, 6.07) is 0. The molecule has 1 heterocycles. The van der Waals surface area contributed by atoms with Gasteiger partial charge in [0.25, 0.3) is 0 Å². The Morgan fingerprint density at radius 2 is 2.00 bits per heavy atom. The molecular weight excluding hydrogens is 214 g/mol. The van der Waals surface area contributed by atoms with E-state index in [-0.39, 0.29) is 11.4 Å². The van der Waals surface area contributed by atoms with E-state index < -0.39 is 0 Å². The third kappa shape index (κ3) is 3.98. The molecule has 1 rings (SSSR count). The van der Waals surface area contributed by atoms with Crippen molar-refractivity contribution in [3.63, 3.8) is 0 Å². The smallest absolute Gasteiger partial charge is 0.312 e. The largest absolute Gasteiger partial charge is 0.465 e. The van der Waals surface area contributed by atoms with Crippen molar-refractivity contribution in [2.45, 2.75) is 52.9 Å². The quantitative estimate of drug-likeness (QED) is 0.727. The summed E-state index contributed by atoms with van der Waals surface area (Å²) in [5, 5.41) is 3.31. The molecule has 0 radical (unpaired) electrons. The van der Waals surface area contributed by atoms with Crippen LogP contribution in [0.25, 0.3) is 0 Å². The first-order valence-electron chi connectivity index (χ1n) is 7.02. The Balaban J connectivity index is 2.43. The van der Waals surface area contributed by atoms with Crippen LogP contribution in [0, 0.1) is 11.3 Å². The van der Waals surface area contributed by atoms with Crippen molar-refractivity contribution in [2.24, 2.45) is 11.3 Å². The van der Waals surface area contributed by atoms with Gasteiger partial charge in [0.2, 0.25) is 0 Å². The average molecular weight is 241 g/mol. The van der Waals surface area contributed by atoms with Crippen molar-refractivity contribution >= 4 is 5.97 Å². The number of hydrogen-bond donors (Lipinski definition) is 1. The van der Waals surface area contributed by atoms with Gasteiger partial charge in [-0.2, -0.15) is 0 Å². The summed E-state index contributed by atoms with van der Waals surface area (Å²) < 4.78 is 5.52. The Morgan fingerprint density at radius 3 is 2.53 bits per heavy atom. The van der Waals surface area contributed by atoms with E-state index in [0.717, 1.165) is 45.2 Å². The van der Waals surface area contributed by atoms with Crippen molar-refractivity contribution < 1.29 is 9.53 Å². The second-order valence-corrected chi connectivity index (χ2v) is 5.38. The number of ether oxygens (including phenoxy) is 1. The van der Waals surface area contributed by atoms with Gasteiger partial charge >= 0.3 is 5.97 Å². The Kier molecular flexibility index (Phi) is 5.96. The first-order valence-corrected chi connectivity index (χ1v) is 7.02. The minimum atomic E-state index is -0.211. The zero-order valence-electron chi connectivity index (χ0n) is 11.6. The lowest BCUT2D eigenvalue weighted by Crippen LogP contribution is -2.43. The third-order valence-electron chi connectivity index (χ3n) is 3.95. The minimum Gasteiger partial charge on any atom is -0.465 e. The van der Waals surface area contributed by atoms with Crippen LogP contribution < -0.4 is 5.32 Å². The molecule has 0 aromatic carbocycles. The van der Waals surface area contributed by atoms with Crippen LogP contribution in [0.1, 0.15) is 52.9 Å². The van der Waals surface area contributed by atoms with Crippen LogP contribution in [-0.2, 0) is 9.53 Å². The normalized spacial score (nSPS) is 20.9. The summed E-state index contributed by atoms with van der Waals surface area (Å²) in [6.07, 6.45) is 5.03. The van der Waals surface area contributed by atoms with Crippen molar-refractivity contribution in [1.29, 1.82) is 0 Å². The van der Waals surface area contributed by atoms with Gasteiger partial charge in [0.05, 0.1) is 12.0 Å². The molecule has 0 spiro atoms. The number of piperidine rings is 1. The standard InChI is InChI=1S/C14H27NO2/c1-4-6-12(3)11-17-13(16)14(5-2)7-9-15-10-8-14/h12,15H,4-11H2,1-3H3. The van der Waals surface area contributed by atoms with E-state index in [1.165, 1.54) is 0 Å². The van der Waals surface area contributed by atoms with Crippen molar-refractivity contribution in [2.75, 3.05) is 19.7 Å². The topological polar surface area (TPSA) is 38.3 Å².